The van der Waals surface area contributed by atoms with Gasteiger partial charge in [0.05, 0.1) is 6.10 Å². The molecule has 1 unspecified atom stereocenters. The maximum Gasteiger partial charge on any atom is 0.104 e. The van der Waals surface area contributed by atoms with Crippen molar-refractivity contribution in [3.8, 4) is 24.2 Å². The van der Waals surface area contributed by atoms with E-state index in [0.29, 0.717) is 12.8 Å². The van der Waals surface area contributed by atoms with Crippen molar-refractivity contribution in [1.82, 2.24) is 0 Å². The molecule has 0 aromatic heterocycles. The summed E-state index contributed by atoms with van der Waals surface area (Å²) in [5.74, 6) is 7.30. The molecule has 0 fully saturated rings. The molecule has 0 amide bonds. The highest BCUT2D eigenvalue weighted by molar-refractivity contribution is 5.01. The first kappa shape index (κ1) is 9.04. The van der Waals surface area contributed by atoms with Gasteiger partial charge >= 0.3 is 0 Å². The Balaban J connectivity index is 3.40. The third-order valence-electron chi connectivity index (χ3n) is 0.895. The summed E-state index contributed by atoms with van der Waals surface area (Å²) in [6.45, 7) is -0.164. The molecule has 0 radical (unpaired) electrons. The summed E-state index contributed by atoms with van der Waals surface area (Å²) in [7, 11) is 0. The highest BCUT2D eigenvalue weighted by atomic mass is 16.3. The minimum absolute atomic E-state index is 0.164. The third kappa shape index (κ3) is 5.18. The van der Waals surface area contributed by atoms with Gasteiger partial charge in [0, 0.05) is 12.8 Å². The molecule has 54 valence electrons. The van der Waals surface area contributed by atoms with Crippen LogP contribution in [0.25, 0.3) is 0 Å². The lowest BCUT2D eigenvalue weighted by molar-refractivity contribution is 0.186. The first-order valence-corrected chi connectivity index (χ1v) is 2.99. The van der Waals surface area contributed by atoms with E-state index in [4.69, 9.17) is 16.6 Å². The van der Waals surface area contributed by atoms with Gasteiger partial charge < -0.3 is 10.2 Å². The van der Waals surface area contributed by atoms with Gasteiger partial charge in [0.15, 0.2) is 0 Å². The minimum atomic E-state index is -0.552. The van der Waals surface area contributed by atoms with Gasteiger partial charge in [0.2, 0.25) is 0 Å². The average molecular weight is 138 g/mol. The first-order chi connectivity index (χ1) is 4.81. The van der Waals surface area contributed by atoms with Gasteiger partial charge in [-0.05, 0) is 0 Å². The number of terminal acetylenes is 1. The van der Waals surface area contributed by atoms with Gasteiger partial charge in [-0.15, -0.1) is 12.3 Å². The van der Waals surface area contributed by atoms with E-state index in [2.05, 4.69) is 17.8 Å². The zero-order valence-electron chi connectivity index (χ0n) is 5.67. The molecule has 2 N–H and O–H groups in total. The van der Waals surface area contributed by atoms with Crippen LogP contribution in [0, 0.1) is 24.2 Å². The largest absolute Gasteiger partial charge is 0.391 e. The molecular formula is C8H10O2. The molecule has 0 saturated carbocycles. The number of aliphatic hydroxyl groups excluding tert-OH is 2. The maximum absolute atomic E-state index is 8.95. The van der Waals surface area contributed by atoms with Crippen molar-refractivity contribution in [2.24, 2.45) is 0 Å². The Hall–Kier alpha value is -0.960. The summed E-state index contributed by atoms with van der Waals surface area (Å²) in [6.07, 6.45) is 5.03. The Morgan fingerprint density at radius 3 is 2.50 bits per heavy atom. The van der Waals surface area contributed by atoms with Crippen LogP contribution in [0.3, 0.4) is 0 Å². The molecule has 0 aliphatic rings. The van der Waals surface area contributed by atoms with E-state index in [-0.39, 0.29) is 6.61 Å². The summed E-state index contributed by atoms with van der Waals surface area (Å²) in [5.41, 5.74) is 0. The molecule has 0 rings (SSSR count). The molecule has 0 bridgehead atoms. The Morgan fingerprint density at radius 1 is 1.30 bits per heavy atom. The van der Waals surface area contributed by atoms with Crippen LogP contribution in [0.15, 0.2) is 0 Å². The van der Waals surface area contributed by atoms with Crippen LogP contribution in [0.4, 0.5) is 0 Å². The van der Waals surface area contributed by atoms with Gasteiger partial charge in [-0.25, -0.2) is 0 Å². The van der Waals surface area contributed by atoms with Crippen LogP contribution >= 0.6 is 0 Å². The number of hydrogen-bond acceptors (Lipinski definition) is 2. The average Bonchev–Trinajstić information content (AvgIpc) is 1.89. The molecule has 10 heavy (non-hydrogen) atoms. The fraction of sp³-hybridized carbons (Fsp3) is 0.500. The molecule has 0 aromatic carbocycles. The molecule has 0 saturated heterocycles. The van der Waals surface area contributed by atoms with E-state index in [0.717, 1.165) is 0 Å². The fourth-order valence-electron chi connectivity index (χ4n) is 0.454. The van der Waals surface area contributed by atoms with Crippen LogP contribution in [0.5, 0.6) is 0 Å². The second kappa shape index (κ2) is 6.16. The summed E-state index contributed by atoms with van der Waals surface area (Å²) < 4.78 is 0. The van der Waals surface area contributed by atoms with Crippen molar-refractivity contribution < 1.29 is 10.2 Å². The van der Waals surface area contributed by atoms with Crippen molar-refractivity contribution >= 4 is 0 Å². The lowest BCUT2D eigenvalue weighted by Gasteiger charge is -1.98. The quantitative estimate of drug-likeness (QED) is 0.517. The third-order valence-corrected chi connectivity index (χ3v) is 0.895. The van der Waals surface area contributed by atoms with Crippen LogP contribution < -0.4 is 0 Å². The molecule has 2 heteroatoms. The standard InChI is InChI=1S/C8H10O2/c1-2-5-8(10)6-3-4-7-9/h1,8-10H,5-7H2. The molecule has 0 spiro atoms. The summed E-state index contributed by atoms with van der Waals surface area (Å²) >= 11 is 0. The van der Waals surface area contributed by atoms with E-state index in [1.807, 2.05) is 0 Å². The van der Waals surface area contributed by atoms with Gasteiger partial charge in [0.1, 0.15) is 6.61 Å². The van der Waals surface area contributed by atoms with Crippen LogP contribution in [0.2, 0.25) is 0 Å². The predicted molar refractivity (Wildman–Crippen MR) is 38.9 cm³/mol. The molecule has 0 aliphatic carbocycles. The normalized spacial score (nSPS) is 10.9. The van der Waals surface area contributed by atoms with E-state index < -0.39 is 6.10 Å². The Kier molecular flexibility index (Phi) is 5.57. The van der Waals surface area contributed by atoms with E-state index in [1.165, 1.54) is 0 Å². The Labute approximate surface area is 60.9 Å². The number of hydrogen-bond donors (Lipinski definition) is 2. The van der Waals surface area contributed by atoms with Gasteiger partial charge in [-0.2, -0.15) is 0 Å². The smallest absolute Gasteiger partial charge is 0.104 e. The van der Waals surface area contributed by atoms with E-state index in [1.54, 1.807) is 0 Å². The fourth-order valence-corrected chi connectivity index (χ4v) is 0.454. The molecular weight excluding hydrogens is 128 g/mol. The Bertz CT molecular complexity index is 168. The second-order valence-corrected chi connectivity index (χ2v) is 1.78. The minimum Gasteiger partial charge on any atom is -0.391 e. The SMILES string of the molecule is C#CCC(O)CC#CCO. The maximum atomic E-state index is 8.95. The van der Waals surface area contributed by atoms with E-state index >= 15 is 0 Å². The van der Waals surface area contributed by atoms with Crippen molar-refractivity contribution in [3.63, 3.8) is 0 Å². The highest BCUT2D eigenvalue weighted by Gasteiger charge is 1.96. The van der Waals surface area contributed by atoms with Crippen LogP contribution in [-0.2, 0) is 0 Å². The Morgan fingerprint density at radius 2 is 2.00 bits per heavy atom. The summed E-state index contributed by atoms with van der Waals surface area (Å²) in [4.78, 5) is 0. The van der Waals surface area contributed by atoms with Crippen molar-refractivity contribution in [1.29, 1.82) is 0 Å². The molecule has 0 aliphatic heterocycles. The monoisotopic (exact) mass is 138 g/mol. The first-order valence-electron chi connectivity index (χ1n) is 2.99. The zero-order valence-corrected chi connectivity index (χ0v) is 5.67. The zero-order chi connectivity index (χ0) is 7.82. The number of aliphatic hydroxyl groups is 2. The van der Waals surface area contributed by atoms with Crippen molar-refractivity contribution in [2.45, 2.75) is 18.9 Å². The molecule has 0 heterocycles. The van der Waals surface area contributed by atoms with Crippen LogP contribution in [-0.4, -0.2) is 22.9 Å². The predicted octanol–water partition coefficient (Wildman–Crippen LogP) is -0.244. The van der Waals surface area contributed by atoms with Gasteiger partial charge in [0.25, 0.3) is 0 Å². The summed E-state index contributed by atoms with van der Waals surface area (Å²) in [6, 6.07) is 0. The van der Waals surface area contributed by atoms with Crippen molar-refractivity contribution in [3.05, 3.63) is 0 Å². The molecule has 0 aromatic rings. The molecule has 1 atom stereocenters. The van der Waals surface area contributed by atoms with Gasteiger partial charge in [-0.3, -0.25) is 0 Å². The summed E-state index contributed by atoms with van der Waals surface area (Å²) in [5, 5.41) is 17.2. The van der Waals surface area contributed by atoms with E-state index in [9.17, 15) is 0 Å². The molecule has 2 nitrogen and oxygen atoms in total. The van der Waals surface area contributed by atoms with Crippen molar-refractivity contribution in [2.75, 3.05) is 6.61 Å². The number of rotatable bonds is 2. The lowest BCUT2D eigenvalue weighted by atomic mass is 10.2. The lowest BCUT2D eigenvalue weighted by Crippen LogP contribution is -2.02. The topological polar surface area (TPSA) is 40.5 Å². The van der Waals surface area contributed by atoms with Gasteiger partial charge in [-0.1, -0.05) is 11.8 Å². The second-order valence-electron chi connectivity index (χ2n) is 1.78. The van der Waals surface area contributed by atoms with Crippen LogP contribution in [0.1, 0.15) is 12.8 Å². The highest BCUT2D eigenvalue weighted by Crippen LogP contribution is 1.93.